The van der Waals surface area contributed by atoms with Crippen molar-refractivity contribution in [3.8, 4) is 5.75 Å². The third-order valence-corrected chi connectivity index (χ3v) is 5.28. The molecule has 1 aromatic carbocycles. The number of nitrogens with zero attached hydrogens (tertiary/aromatic N) is 2. The van der Waals surface area contributed by atoms with Crippen molar-refractivity contribution in [2.75, 3.05) is 33.2 Å². The van der Waals surface area contributed by atoms with Crippen molar-refractivity contribution in [1.29, 1.82) is 0 Å². The first-order valence-electron chi connectivity index (χ1n) is 9.34. The van der Waals surface area contributed by atoms with Crippen molar-refractivity contribution in [3.05, 3.63) is 40.2 Å². The predicted molar refractivity (Wildman–Crippen MR) is 105 cm³/mol. The number of aromatic nitrogens is 1. The molecule has 26 heavy (non-hydrogen) atoms. The Morgan fingerprint density at radius 3 is 2.46 bits per heavy atom. The highest BCUT2D eigenvalue weighted by Gasteiger charge is 2.23. The summed E-state index contributed by atoms with van der Waals surface area (Å²) in [6.07, 6.45) is 0.762. The minimum absolute atomic E-state index is 0.167. The molecular weight excluding hydrogens is 330 g/mol. The molecule has 0 fully saturated rings. The van der Waals surface area contributed by atoms with E-state index in [9.17, 15) is 14.7 Å². The molecule has 1 amide bonds. The maximum Gasteiger partial charge on any atom is 0.267 e. The van der Waals surface area contributed by atoms with Crippen molar-refractivity contribution < 1.29 is 14.4 Å². The van der Waals surface area contributed by atoms with Crippen molar-refractivity contribution in [1.82, 2.24) is 9.88 Å². The van der Waals surface area contributed by atoms with Gasteiger partial charge in [-0.15, -0.1) is 0 Å². The maximum atomic E-state index is 12.8. The van der Waals surface area contributed by atoms with Gasteiger partial charge in [0.15, 0.2) is 0 Å². The predicted octanol–water partition coefficient (Wildman–Crippen LogP) is 2.33. The highest BCUT2D eigenvalue weighted by molar-refractivity contribution is 6.02. The molecule has 0 saturated heterocycles. The Morgan fingerprint density at radius 1 is 1.19 bits per heavy atom. The van der Waals surface area contributed by atoms with Crippen LogP contribution in [0.3, 0.4) is 0 Å². The average Bonchev–Trinajstić information content (AvgIpc) is 2.65. The fourth-order valence-electron chi connectivity index (χ4n) is 3.11. The van der Waals surface area contributed by atoms with E-state index in [0.29, 0.717) is 24.0 Å². The summed E-state index contributed by atoms with van der Waals surface area (Å²) in [4.78, 5) is 25.5. The summed E-state index contributed by atoms with van der Waals surface area (Å²) in [5.41, 5.74) is 0.0396. The molecule has 0 aliphatic carbocycles. The van der Waals surface area contributed by atoms with Gasteiger partial charge in [0.2, 0.25) is 0 Å². The number of amides is 1. The molecule has 1 aromatic heterocycles. The zero-order chi connectivity index (χ0) is 19.3. The highest BCUT2D eigenvalue weighted by atomic mass is 16.3. The van der Waals surface area contributed by atoms with Gasteiger partial charge < -0.3 is 19.5 Å². The Bertz CT molecular complexity index is 838. The zero-order valence-electron chi connectivity index (χ0n) is 16.2. The first kappa shape index (κ1) is 20.0. The number of para-hydroxylation sites is 1. The van der Waals surface area contributed by atoms with Crippen LogP contribution in [0.25, 0.3) is 10.9 Å². The van der Waals surface area contributed by atoms with Crippen molar-refractivity contribution >= 4 is 16.8 Å². The van der Waals surface area contributed by atoms with Gasteiger partial charge in [-0.3, -0.25) is 9.59 Å². The van der Waals surface area contributed by atoms with Gasteiger partial charge in [-0.2, -0.15) is 0 Å². The molecule has 0 unspecified atom stereocenters. The van der Waals surface area contributed by atoms with Crippen molar-refractivity contribution in [2.24, 2.45) is 0 Å². The van der Waals surface area contributed by atoms with Crippen LogP contribution in [0.4, 0.5) is 0 Å². The molecule has 0 spiro atoms. The Labute approximate surface area is 154 Å². The van der Waals surface area contributed by atoms with Gasteiger partial charge in [0, 0.05) is 11.9 Å². The molecule has 2 aromatic rings. The molecule has 0 aliphatic heterocycles. The largest absolute Gasteiger partial charge is 0.506 e. The lowest BCUT2D eigenvalue weighted by Gasteiger charge is -2.32. The number of aromatic hydroxyl groups is 1. The van der Waals surface area contributed by atoms with Crippen LogP contribution >= 0.6 is 0 Å². The molecule has 2 rings (SSSR count). The van der Waals surface area contributed by atoms with E-state index in [1.165, 1.54) is 0 Å². The molecule has 2 N–H and O–H groups in total. The summed E-state index contributed by atoms with van der Waals surface area (Å²) in [6, 6.07) is 7.13. The lowest BCUT2D eigenvalue weighted by molar-refractivity contribution is -0.904. The Kier molecular flexibility index (Phi) is 6.42. The average molecular weight is 360 g/mol. The van der Waals surface area contributed by atoms with Crippen LogP contribution in [0.2, 0.25) is 0 Å². The van der Waals surface area contributed by atoms with E-state index in [1.54, 1.807) is 22.8 Å². The van der Waals surface area contributed by atoms with Gasteiger partial charge in [-0.25, -0.2) is 0 Å². The second-order valence-electron chi connectivity index (χ2n) is 6.93. The molecule has 6 heteroatoms. The summed E-state index contributed by atoms with van der Waals surface area (Å²) < 4.78 is 2.41. The smallest absolute Gasteiger partial charge is 0.267 e. The number of nitrogens with one attached hydrogen (secondary N) is 1. The van der Waals surface area contributed by atoms with Gasteiger partial charge in [0.1, 0.15) is 11.3 Å². The monoisotopic (exact) mass is 360 g/mol. The second kappa shape index (κ2) is 8.36. The molecule has 1 heterocycles. The van der Waals surface area contributed by atoms with Crippen LogP contribution in [0.1, 0.15) is 37.6 Å². The van der Waals surface area contributed by atoms with E-state index in [1.807, 2.05) is 13.0 Å². The first-order chi connectivity index (χ1) is 12.4. The fraction of sp³-hybridized carbons (Fsp3) is 0.500. The number of carbonyl (C=O) groups excluding carboxylic acids is 1. The topological polar surface area (TPSA) is 71.3 Å². The van der Waals surface area contributed by atoms with Crippen LogP contribution in [-0.2, 0) is 6.54 Å². The number of likely N-dealkylation sites (N-methyl/N-ethyl adjacent to an activating group) is 1. The van der Waals surface area contributed by atoms with Crippen LogP contribution in [0.15, 0.2) is 29.1 Å². The normalized spacial score (nSPS) is 11.7. The zero-order valence-corrected chi connectivity index (χ0v) is 16.2. The number of benzene rings is 1. The molecule has 0 radical (unpaired) electrons. The summed E-state index contributed by atoms with van der Waals surface area (Å²) in [6.45, 7) is 9.87. The van der Waals surface area contributed by atoms with Crippen LogP contribution in [0, 0.1) is 0 Å². The molecule has 0 saturated carbocycles. The first-order valence-corrected chi connectivity index (χ1v) is 9.34. The minimum atomic E-state index is -0.512. The Balaban J connectivity index is 2.37. The standard InChI is InChI=1S/C20H29N3O3/c1-5-13-22-16-11-9-8-10-15(16)18(24)17(20(22)26)19(25)21-12-14-23(4,6-2)7-3/h8-11H,5-7,12-14H2,1-4H3,(H-,21,24,25,26)/p+1. The van der Waals surface area contributed by atoms with E-state index in [4.69, 9.17) is 0 Å². The number of pyridine rings is 1. The van der Waals surface area contributed by atoms with Gasteiger partial charge >= 0.3 is 0 Å². The summed E-state index contributed by atoms with van der Waals surface area (Å²) in [5.74, 6) is -0.749. The molecule has 6 nitrogen and oxygen atoms in total. The summed E-state index contributed by atoms with van der Waals surface area (Å²) in [5, 5.41) is 13.9. The van der Waals surface area contributed by atoms with E-state index < -0.39 is 11.5 Å². The molecule has 0 bridgehead atoms. The maximum absolute atomic E-state index is 12.8. The van der Waals surface area contributed by atoms with Crippen LogP contribution in [-0.4, -0.2) is 53.3 Å². The number of fused-ring (bicyclic) bond motifs is 1. The summed E-state index contributed by atoms with van der Waals surface area (Å²) >= 11 is 0. The summed E-state index contributed by atoms with van der Waals surface area (Å²) in [7, 11) is 2.13. The number of hydrogen-bond donors (Lipinski definition) is 2. The highest BCUT2D eigenvalue weighted by Crippen LogP contribution is 2.26. The van der Waals surface area contributed by atoms with Gasteiger partial charge in [-0.1, -0.05) is 19.1 Å². The second-order valence-corrected chi connectivity index (χ2v) is 6.93. The lowest BCUT2D eigenvalue weighted by atomic mass is 10.1. The van der Waals surface area contributed by atoms with E-state index >= 15 is 0 Å². The third-order valence-electron chi connectivity index (χ3n) is 5.28. The van der Waals surface area contributed by atoms with Crippen LogP contribution in [0.5, 0.6) is 5.75 Å². The Hall–Kier alpha value is -2.34. The molecule has 0 aliphatic rings. The molecular formula is C20H30N3O3+. The van der Waals surface area contributed by atoms with Crippen LogP contribution < -0.4 is 10.9 Å². The molecule has 0 atom stereocenters. The number of aryl methyl sites for hydroxylation is 1. The molecule has 142 valence electrons. The minimum Gasteiger partial charge on any atom is -0.506 e. The van der Waals surface area contributed by atoms with Crippen molar-refractivity contribution in [2.45, 2.75) is 33.7 Å². The van der Waals surface area contributed by atoms with E-state index in [-0.39, 0.29) is 11.3 Å². The number of quaternary nitrogens is 1. The van der Waals surface area contributed by atoms with Gasteiger partial charge in [0.25, 0.3) is 11.5 Å². The third kappa shape index (κ3) is 3.90. The van der Waals surface area contributed by atoms with Crippen molar-refractivity contribution in [3.63, 3.8) is 0 Å². The number of hydrogen-bond acceptors (Lipinski definition) is 3. The quantitative estimate of drug-likeness (QED) is 0.710. The SMILES string of the molecule is CCCn1c(=O)c(C(=O)NCC[N+](C)(CC)CC)c(O)c2ccccc21. The number of carbonyl (C=O) groups is 1. The van der Waals surface area contributed by atoms with E-state index in [2.05, 4.69) is 26.2 Å². The lowest BCUT2D eigenvalue weighted by Crippen LogP contribution is -2.48. The van der Waals surface area contributed by atoms with E-state index in [0.717, 1.165) is 30.5 Å². The van der Waals surface area contributed by atoms with Gasteiger partial charge in [-0.05, 0) is 32.4 Å². The number of rotatable bonds is 8. The van der Waals surface area contributed by atoms with Gasteiger partial charge in [0.05, 0.1) is 38.7 Å². The fourth-order valence-corrected chi connectivity index (χ4v) is 3.11. The Morgan fingerprint density at radius 2 is 1.85 bits per heavy atom.